The van der Waals surface area contributed by atoms with Crippen LogP contribution in [0.5, 0.6) is 0 Å². The van der Waals surface area contributed by atoms with E-state index in [4.69, 9.17) is 5.41 Å². The topological polar surface area (TPSA) is 68.2 Å². The van der Waals surface area contributed by atoms with E-state index < -0.39 is 5.82 Å². The minimum absolute atomic E-state index is 0.170. The summed E-state index contributed by atoms with van der Waals surface area (Å²) in [6, 6.07) is 4.19. The summed E-state index contributed by atoms with van der Waals surface area (Å²) < 4.78 is 14.3. The minimum Gasteiger partial charge on any atom is -0.379 e. The highest BCUT2D eigenvalue weighted by molar-refractivity contribution is 9.11. The maximum Gasteiger partial charge on any atom is 0.162 e. The summed E-state index contributed by atoms with van der Waals surface area (Å²) >= 11 is 3.44. The Morgan fingerprint density at radius 1 is 1.54 bits per heavy atom. The second-order valence-corrected chi connectivity index (χ2v) is 6.13. The first-order chi connectivity index (χ1) is 11.5. The number of rotatable bonds is 7. The number of hydrogen-bond acceptors (Lipinski definition) is 5. The molecular formula is C17H20BrFN4O. The predicted octanol–water partition coefficient (Wildman–Crippen LogP) is 3.49. The molecule has 1 aromatic rings. The maximum absolute atomic E-state index is 13.5. The number of carbonyl (C=O) groups is 1. The Balaban J connectivity index is 2.31. The third kappa shape index (κ3) is 4.03. The van der Waals surface area contributed by atoms with E-state index >= 15 is 0 Å². The molecule has 0 radical (unpaired) electrons. The van der Waals surface area contributed by atoms with Crippen molar-refractivity contribution in [3.8, 4) is 0 Å². The molecule has 7 heteroatoms. The summed E-state index contributed by atoms with van der Waals surface area (Å²) in [5.74, 6) is -0.633. The maximum atomic E-state index is 13.5. The first kappa shape index (κ1) is 18.2. The van der Waals surface area contributed by atoms with E-state index in [0.29, 0.717) is 17.7 Å². The van der Waals surface area contributed by atoms with Gasteiger partial charge >= 0.3 is 0 Å². The molecule has 1 aromatic carbocycles. The fourth-order valence-corrected chi connectivity index (χ4v) is 3.09. The van der Waals surface area contributed by atoms with Gasteiger partial charge in [0.2, 0.25) is 0 Å². The Hall–Kier alpha value is -2.15. The highest BCUT2D eigenvalue weighted by Gasteiger charge is 2.25. The van der Waals surface area contributed by atoms with Crippen LogP contribution in [0, 0.1) is 11.2 Å². The number of hydrogen-bond donors (Lipinski definition) is 3. The van der Waals surface area contributed by atoms with Gasteiger partial charge in [-0.1, -0.05) is 0 Å². The first-order valence-electron chi connectivity index (χ1n) is 7.62. The number of nitrogens with one attached hydrogen (secondary N) is 3. The number of Topliss-reactive ketones (excluding diaryl/α,β-unsaturated/α-hetero) is 1. The molecular weight excluding hydrogens is 375 g/mol. The highest BCUT2D eigenvalue weighted by atomic mass is 79.9. The molecule has 24 heavy (non-hydrogen) atoms. The van der Waals surface area contributed by atoms with Crippen LogP contribution in [0.15, 0.2) is 40.8 Å². The smallest absolute Gasteiger partial charge is 0.162 e. The monoisotopic (exact) mass is 394 g/mol. The van der Waals surface area contributed by atoms with Crippen molar-refractivity contribution in [3.63, 3.8) is 0 Å². The van der Waals surface area contributed by atoms with Gasteiger partial charge in [-0.05, 0) is 48.0 Å². The number of nitrogens with zero attached hydrogens (tertiary/aromatic N) is 1. The van der Waals surface area contributed by atoms with Crippen molar-refractivity contribution in [1.82, 2.24) is 10.6 Å². The van der Waals surface area contributed by atoms with Crippen LogP contribution in [-0.4, -0.2) is 24.7 Å². The molecule has 5 nitrogen and oxygen atoms in total. The third-order valence-corrected chi connectivity index (χ3v) is 4.47. The molecule has 3 N–H and O–H groups in total. The second kappa shape index (κ2) is 8.10. The summed E-state index contributed by atoms with van der Waals surface area (Å²) in [5.41, 5.74) is 1.76. The van der Waals surface area contributed by atoms with Gasteiger partial charge in [0, 0.05) is 42.7 Å². The molecule has 1 atom stereocenters. The molecule has 0 amide bonds. The van der Waals surface area contributed by atoms with E-state index in [-0.39, 0.29) is 11.9 Å². The van der Waals surface area contributed by atoms with Crippen molar-refractivity contribution in [2.75, 3.05) is 11.4 Å². The third-order valence-electron chi connectivity index (χ3n) is 3.68. The lowest BCUT2D eigenvalue weighted by Gasteiger charge is -2.28. The van der Waals surface area contributed by atoms with E-state index in [0.717, 1.165) is 16.7 Å². The molecule has 0 saturated heterocycles. The lowest BCUT2D eigenvalue weighted by atomic mass is 10.1. The molecule has 1 unspecified atom stereocenters. The van der Waals surface area contributed by atoms with Crippen LogP contribution >= 0.6 is 15.9 Å². The van der Waals surface area contributed by atoms with Crippen molar-refractivity contribution < 1.29 is 9.18 Å². The van der Waals surface area contributed by atoms with Gasteiger partial charge in [0.15, 0.2) is 5.78 Å². The van der Waals surface area contributed by atoms with E-state index in [1.807, 2.05) is 18.0 Å². The molecule has 0 aliphatic carbocycles. The normalized spacial score (nSPS) is 17.3. The SMILES string of the molecule is CCN/C(Br)=C(\C=N)CC1NC=CN1c1ccc(F)cc1C(C)=O. The standard InChI is InChI=1S/C17H20BrFN4O/c1-3-21-17(18)12(10-20)8-16-22-6-7-23(16)15-5-4-13(19)9-14(15)11(2)24/h4-7,9-10,16,20-22H,3,8H2,1-2H3/b17-12-,20-10?. The lowest BCUT2D eigenvalue weighted by molar-refractivity contribution is 0.101. The molecule has 1 aliphatic heterocycles. The van der Waals surface area contributed by atoms with Crippen LogP contribution in [0.4, 0.5) is 10.1 Å². The van der Waals surface area contributed by atoms with Crippen LogP contribution in [0.2, 0.25) is 0 Å². The Labute approximate surface area is 149 Å². The van der Waals surface area contributed by atoms with Crippen LogP contribution in [0.3, 0.4) is 0 Å². The highest BCUT2D eigenvalue weighted by Crippen LogP contribution is 2.28. The summed E-state index contributed by atoms with van der Waals surface area (Å²) in [6.45, 7) is 4.14. The van der Waals surface area contributed by atoms with Gasteiger partial charge < -0.3 is 20.9 Å². The molecule has 128 valence electrons. The van der Waals surface area contributed by atoms with Crippen LogP contribution in [0.1, 0.15) is 30.6 Å². The summed E-state index contributed by atoms with van der Waals surface area (Å²) in [4.78, 5) is 13.7. The largest absolute Gasteiger partial charge is 0.379 e. The number of halogens is 2. The average molecular weight is 395 g/mol. The first-order valence-corrected chi connectivity index (χ1v) is 8.41. The Morgan fingerprint density at radius 3 is 2.92 bits per heavy atom. The van der Waals surface area contributed by atoms with Crippen molar-refractivity contribution in [3.05, 3.63) is 52.2 Å². The average Bonchev–Trinajstić information content (AvgIpc) is 3.00. The molecule has 0 bridgehead atoms. The summed E-state index contributed by atoms with van der Waals surface area (Å²) in [7, 11) is 0. The molecule has 2 rings (SSSR count). The fraction of sp³-hybridized carbons (Fsp3) is 0.294. The number of carbonyl (C=O) groups excluding carboxylic acids is 1. The van der Waals surface area contributed by atoms with Gasteiger partial charge in [0.1, 0.15) is 12.0 Å². The van der Waals surface area contributed by atoms with Crippen LogP contribution in [0.25, 0.3) is 0 Å². The zero-order valence-corrected chi connectivity index (χ0v) is 15.2. The number of ketones is 1. The molecule has 0 fully saturated rings. The zero-order valence-electron chi connectivity index (χ0n) is 13.6. The molecule has 0 aromatic heterocycles. The second-order valence-electron chi connectivity index (χ2n) is 5.34. The van der Waals surface area contributed by atoms with Gasteiger partial charge in [-0.15, -0.1) is 0 Å². The van der Waals surface area contributed by atoms with Gasteiger partial charge in [0.05, 0.1) is 10.3 Å². The van der Waals surface area contributed by atoms with Gasteiger partial charge in [0.25, 0.3) is 0 Å². The minimum atomic E-state index is -0.438. The molecule has 1 heterocycles. The van der Waals surface area contributed by atoms with E-state index in [1.165, 1.54) is 25.3 Å². The fourth-order valence-electron chi connectivity index (χ4n) is 2.53. The molecule has 1 aliphatic rings. The Morgan fingerprint density at radius 2 is 2.29 bits per heavy atom. The molecule has 0 spiro atoms. The summed E-state index contributed by atoms with van der Waals surface area (Å²) in [6.07, 6.45) is 5.24. The van der Waals surface area contributed by atoms with Crippen molar-refractivity contribution >= 4 is 33.6 Å². The number of anilines is 1. The van der Waals surface area contributed by atoms with E-state index in [1.54, 1.807) is 12.3 Å². The zero-order chi connectivity index (χ0) is 17.7. The van der Waals surface area contributed by atoms with Gasteiger partial charge in [-0.3, -0.25) is 4.79 Å². The predicted molar refractivity (Wildman–Crippen MR) is 98.0 cm³/mol. The van der Waals surface area contributed by atoms with Crippen molar-refractivity contribution in [1.29, 1.82) is 5.41 Å². The lowest BCUT2D eigenvalue weighted by Crippen LogP contribution is -2.37. The van der Waals surface area contributed by atoms with E-state index in [9.17, 15) is 9.18 Å². The number of benzene rings is 1. The Bertz CT molecular complexity index is 702. The quantitative estimate of drug-likeness (QED) is 0.376. The van der Waals surface area contributed by atoms with Crippen LogP contribution < -0.4 is 15.5 Å². The van der Waals surface area contributed by atoms with Crippen molar-refractivity contribution in [2.24, 2.45) is 0 Å². The van der Waals surface area contributed by atoms with Crippen molar-refractivity contribution in [2.45, 2.75) is 26.4 Å². The van der Waals surface area contributed by atoms with Gasteiger partial charge in [-0.2, -0.15) is 0 Å². The van der Waals surface area contributed by atoms with Crippen LogP contribution in [-0.2, 0) is 0 Å². The molecule has 0 saturated carbocycles. The summed E-state index contributed by atoms with van der Waals surface area (Å²) in [5, 5.41) is 14.0. The van der Waals surface area contributed by atoms with Gasteiger partial charge in [-0.25, -0.2) is 4.39 Å². The Kier molecular flexibility index (Phi) is 6.14. The van der Waals surface area contributed by atoms with E-state index in [2.05, 4.69) is 26.6 Å².